The number of halogens is 1. The third-order valence-electron chi connectivity index (χ3n) is 3.72. The van der Waals surface area contributed by atoms with Crippen LogP contribution < -0.4 is 0 Å². The summed E-state index contributed by atoms with van der Waals surface area (Å²) in [6.07, 6.45) is 3.12. The molecule has 0 bridgehead atoms. The number of hydrogen-bond donors (Lipinski definition) is 0. The number of nitrogens with zero attached hydrogens (tertiary/aromatic N) is 4. The van der Waals surface area contributed by atoms with Crippen LogP contribution in [0.25, 0.3) is 11.2 Å². The van der Waals surface area contributed by atoms with Crippen LogP contribution in [0.4, 0.5) is 0 Å². The van der Waals surface area contributed by atoms with Gasteiger partial charge in [-0.1, -0.05) is 11.6 Å². The summed E-state index contributed by atoms with van der Waals surface area (Å²) in [6, 6.07) is 6.04. The standard InChI is InChI=1S/C14H11ClN4O2S2/c15-9-1-3-11(4-2-9)23(20,21)6-10-5-22-14-12-13(16-7-17-14)18-8-19(10)12/h1-4,7-8,10H,5-6H2/t10-/m1/s1. The van der Waals surface area contributed by atoms with Crippen LogP contribution in [0.3, 0.4) is 0 Å². The number of benzene rings is 1. The van der Waals surface area contributed by atoms with E-state index in [9.17, 15) is 8.42 Å². The van der Waals surface area contributed by atoms with Crippen LogP contribution in [0.2, 0.25) is 5.02 Å². The predicted octanol–water partition coefficient (Wildman–Crippen LogP) is 2.60. The second-order valence-electron chi connectivity index (χ2n) is 5.20. The Bertz CT molecular complexity index is 986. The zero-order valence-corrected chi connectivity index (χ0v) is 14.1. The van der Waals surface area contributed by atoms with Crippen molar-refractivity contribution in [2.45, 2.75) is 16.0 Å². The van der Waals surface area contributed by atoms with Gasteiger partial charge in [0, 0.05) is 10.8 Å². The van der Waals surface area contributed by atoms with E-state index in [4.69, 9.17) is 11.6 Å². The van der Waals surface area contributed by atoms with Crippen molar-refractivity contribution in [3.8, 4) is 0 Å². The minimum Gasteiger partial charge on any atom is -0.322 e. The molecule has 3 aromatic rings. The van der Waals surface area contributed by atoms with E-state index in [2.05, 4.69) is 15.0 Å². The van der Waals surface area contributed by atoms with Gasteiger partial charge >= 0.3 is 0 Å². The number of rotatable bonds is 3. The molecule has 0 spiro atoms. The van der Waals surface area contributed by atoms with Crippen molar-refractivity contribution in [3.05, 3.63) is 41.9 Å². The average molecular weight is 367 g/mol. The molecule has 6 nitrogen and oxygen atoms in total. The molecule has 2 aromatic heterocycles. The molecule has 0 saturated carbocycles. The molecule has 0 N–H and O–H groups in total. The van der Waals surface area contributed by atoms with Crippen molar-refractivity contribution < 1.29 is 8.42 Å². The van der Waals surface area contributed by atoms with Crippen LogP contribution in [0, 0.1) is 0 Å². The van der Waals surface area contributed by atoms with E-state index in [0.717, 1.165) is 10.5 Å². The van der Waals surface area contributed by atoms with Crippen LogP contribution in [-0.4, -0.2) is 39.4 Å². The Hall–Kier alpha value is -1.64. The fourth-order valence-corrected chi connectivity index (χ4v) is 5.49. The predicted molar refractivity (Wildman–Crippen MR) is 88.6 cm³/mol. The first-order chi connectivity index (χ1) is 11.0. The fourth-order valence-electron chi connectivity index (χ4n) is 2.61. The van der Waals surface area contributed by atoms with Gasteiger partial charge in [-0.3, -0.25) is 0 Å². The van der Waals surface area contributed by atoms with Crippen LogP contribution in [0.15, 0.2) is 46.8 Å². The summed E-state index contributed by atoms with van der Waals surface area (Å²) >= 11 is 7.36. The van der Waals surface area contributed by atoms with E-state index in [1.807, 2.05) is 4.57 Å². The molecular weight excluding hydrogens is 356 g/mol. The van der Waals surface area contributed by atoms with Gasteiger partial charge in [0.1, 0.15) is 16.9 Å². The minimum absolute atomic E-state index is 0.00142. The topological polar surface area (TPSA) is 77.7 Å². The van der Waals surface area contributed by atoms with E-state index in [1.165, 1.54) is 30.2 Å². The summed E-state index contributed by atoms with van der Waals surface area (Å²) in [5, 5.41) is 1.35. The maximum Gasteiger partial charge on any atom is 0.181 e. The highest BCUT2D eigenvalue weighted by Crippen LogP contribution is 2.35. The highest BCUT2D eigenvalue weighted by molar-refractivity contribution is 7.99. The van der Waals surface area contributed by atoms with Crippen molar-refractivity contribution in [3.63, 3.8) is 0 Å². The van der Waals surface area contributed by atoms with Crippen LogP contribution in [0.5, 0.6) is 0 Å². The molecule has 0 fully saturated rings. The molecule has 0 saturated heterocycles. The van der Waals surface area contributed by atoms with Crippen molar-refractivity contribution in [1.29, 1.82) is 0 Å². The Morgan fingerprint density at radius 3 is 2.78 bits per heavy atom. The van der Waals surface area contributed by atoms with Crippen molar-refractivity contribution in [2.24, 2.45) is 0 Å². The molecule has 1 atom stereocenters. The van der Waals surface area contributed by atoms with Gasteiger partial charge in [-0.05, 0) is 24.3 Å². The zero-order chi connectivity index (χ0) is 16.0. The Balaban J connectivity index is 1.71. The lowest BCUT2D eigenvalue weighted by atomic mass is 10.3. The molecule has 4 rings (SSSR count). The first kappa shape index (κ1) is 14.9. The Labute approximate surface area is 141 Å². The van der Waals surface area contributed by atoms with E-state index in [0.29, 0.717) is 16.4 Å². The van der Waals surface area contributed by atoms with Gasteiger partial charge in [-0.25, -0.2) is 23.4 Å². The summed E-state index contributed by atoms with van der Waals surface area (Å²) in [5.41, 5.74) is 1.40. The van der Waals surface area contributed by atoms with Crippen molar-refractivity contribution >= 4 is 44.4 Å². The normalized spacial score (nSPS) is 17.5. The molecule has 1 aliphatic heterocycles. The molecule has 9 heteroatoms. The van der Waals surface area contributed by atoms with Gasteiger partial charge in [-0.15, -0.1) is 11.8 Å². The smallest absolute Gasteiger partial charge is 0.181 e. The largest absolute Gasteiger partial charge is 0.322 e. The second kappa shape index (κ2) is 5.47. The summed E-state index contributed by atoms with van der Waals surface area (Å²) in [7, 11) is -3.42. The summed E-state index contributed by atoms with van der Waals surface area (Å²) in [4.78, 5) is 12.9. The van der Waals surface area contributed by atoms with E-state index < -0.39 is 9.84 Å². The van der Waals surface area contributed by atoms with Gasteiger partial charge in [0.05, 0.1) is 23.0 Å². The lowest BCUT2D eigenvalue weighted by Crippen LogP contribution is -2.24. The number of sulfone groups is 1. The lowest BCUT2D eigenvalue weighted by molar-refractivity contribution is 0.563. The summed E-state index contributed by atoms with van der Waals surface area (Å²) in [6.45, 7) is 0. The third-order valence-corrected chi connectivity index (χ3v) is 6.91. The third kappa shape index (κ3) is 2.60. The second-order valence-corrected chi connectivity index (χ2v) is 8.68. The number of imidazole rings is 1. The quantitative estimate of drug-likeness (QED) is 0.663. The lowest BCUT2D eigenvalue weighted by Gasteiger charge is -2.23. The van der Waals surface area contributed by atoms with E-state index in [1.54, 1.807) is 18.5 Å². The maximum atomic E-state index is 12.6. The van der Waals surface area contributed by atoms with E-state index in [-0.39, 0.29) is 16.7 Å². The van der Waals surface area contributed by atoms with Crippen LogP contribution in [-0.2, 0) is 9.84 Å². The van der Waals surface area contributed by atoms with Crippen LogP contribution >= 0.6 is 23.4 Å². The number of hydrogen-bond acceptors (Lipinski definition) is 6. The molecule has 0 radical (unpaired) electrons. The van der Waals surface area contributed by atoms with E-state index >= 15 is 0 Å². The molecule has 1 aromatic carbocycles. The highest BCUT2D eigenvalue weighted by atomic mass is 35.5. The zero-order valence-electron chi connectivity index (χ0n) is 11.8. The van der Waals surface area contributed by atoms with Gasteiger partial charge in [0.25, 0.3) is 0 Å². The molecule has 23 heavy (non-hydrogen) atoms. The minimum atomic E-state index is -3.42. The Kier molecular flexibility index (Phi) is 3.55. The number of aromatic nitrogens is 4. The average Bonchev–Trinajstić information content (AvgIpc) is 2.97. The fraction of sp³-hybridized carbons (Fsp3) is 0.214. The molecule has 0 aliphatic carbocycles. The molecule has 1 aliphatic rings. The first-order valence-electron chi connectivity index (χ1n) is 6.83. The SMILES string of the molecule is O=S(=O)(C[C@H]1CSc2ncnc3ncn1c23)c1ccc(Cl)cc1. The van der Waals surface area contributed by atoms with Crippen LogP contribution in [0.1, 0.15) is 6.04 Å². The van der Waals surface area contributed by atoms with Gasteiger partial charge in [0.2, 0.25) is 0 Å². The molecule has 0 unspecified atom stereocenters. The van der Waals surface area contributed by atoms with Crippen molar-refractivity contribution in [1.82, 2.24) is 19.5 Å². The molecule has 0 amide bonds. The number of thioether (sulfide) groups is 1. The molecule has 3 heterocycles. The van der Waals surface area contributed by atoms with Gasteiger partial charge < -0.3 is 4.57 Å². The highest BCUT2D eigenvalue weighted by Gasteiger charge is 2.29. The maximum absolute atomic E-state index is 12.6. The molecular formula is C14H11ClN4O2S2. The van der Waals surface area contributed by atoms with Gasteiger partial charge in [-0.2, -0.15) is 0 Å². The molecule has 118 valence electrons. The summed E-state index contributed by atoms with van der Waals surface area (Å²) in [5.74, 6) is 0.629. The summed E-state index contributed by atoms with van der Waals surface area (Å²) < 4.78 is 27.2. The Morgan fingerprint density at radius 2 is 2.00 bits per heavy atom. The first-order valence-corrected chi connectivity index (χ1v) is 9.85. The van der Waals surface area contributed by atoms with Crippen molar-refractivity contribution in [2.75, 3.05) is 11.5 Å². The Morgan fingerprint density at radius 1 is 1.22 bits per heavy atom. The monoisotopic (exact) mass is 366 g/mol. The van der Waals surface area contributed by atoms with Gasteiger partial charge in [0.15, 0.2) is 15.5 Å².